The third-order valence-corrected chi connectivity index (χ3v) is 5.71. The fourth-order valence-corrected chi connectivity index (χ4v) is 4.09. The van der Waals surface area contributed by atoms with Crippen LogP contribution < -0.4 is 0 Å². The molecule has 3 heterocycles. The molecule has 1 aromatic carbocycles. The number of aromatic nitrogens is 3. The first-order chi connectivity index (χ1) is 12.6. The lowest BCUT2D eigenvalue weighted by Gasteiger charge is -2.19. The number of hydrogen-bond donors (Lipinski definition) is 1. The maximum atomic E-state index is 12.8. The van der Waals surface area contributed by atoms with E-state index in [0.717, 1.165) is 41.3 Å². The van der Waals surface area contributed by atoms with Crippen LogP contribution in [0.1, 0.15) is 16.9 Å². The lowest BCUT2D eigenvalue weighted by atomic mass is 10.1. The van der Waals surface area contributed by atoms with Crippen molar-refractivity contribution in [3.63, 3.8) is 0 Å². The van der Waals surface area contributed by atoms with Crippen molar-refractivity contribution >= 4 is 17.2 Å². The molecule has 4 rings (SSSR count). The van der Waals surface area contributed by atoms with E-state index in [1.165, 1.54) is 11.3 Å². The van der Waals surface area contributed by atoms with E-state index in [1.54, 1.807) is 6.20 Å². The zero-order valence-corrected chi connectivity index (χ0v) is 15.7. The van der Waals surface area contributed by atoms with Gasteiger partial charge in [0.05, 0.1) is 17.5 Å². The molecule has 0 spiro atoms. The number of aromatic amines is 1. The molecule has 1 aliphatic rings. The summed E-state index contributed by atoms with van der Waals surface area (Å²) < 4.78 is 0. The Balaban J connectivity index is 1.56. The number of carbonyl (C=O) groups is 1. The molecule has 0 radical (unpaired) electrons. The number of rotatable bonds is 4. The van der Waals surface area contributed by atoms with Gasteiger partial charge in [-0.25, -0.2) is 4.98 Å². The monoisotopic (exact) mass is 367 g/mol. The molecule has 3 aromatic rings. The third kappa shape index (κ3) is 3.15. The van der Waals surface area contributed by atoms with Crippen LogP contribution in [-0.2, 0) is 0 Å². The minimum absolute atomic E-state index is 0.0154. The Labute approximate surface area is 156 Å². The van der Waals surface area contributed by atoms with Crippen LogP contribution in [0.3, 0.4) is 0 Å². The van der Waals surface area contributed by atoms with E-state index in [-0.39, 0.29) is 5.91 Å². The van der Waals surface area contributed by atoms with E-state index >= 15 is 0 Å². The van der Waals surface area contributed by atoms with Crippen LogP contribution in [0.4, 0.5) is 0 Å². The molecule has 1 amide bonds. The minimum Gasteiger partial charge on any atom is -0.336 e. The van der Waals surface area contributed by atoms with Gasteiger partial charge < -0.3 is 9.80 Å². The number of nitrogens with zero attached hydrogens (tertiary/aromatic N) is 4. The van der Waals surface area contributed by atoms with Crippen molar-refractivity contribution in [2.45, 2.75) is 12.5 Å². The van der Waals surface area contributed by atoms with Crippen LogP contribution in [0.2, 0.25) is 0 Å². The average molecular weight is 367 g/mol. The van der Waals surface area contributed by atoms with Gasteiger partial charge in [0, 0.05) is 30.1 Å². The van der Waals surface area contributed by atoms with Gasteiger partial charge in [0.2, 0.25) is 0 Å². The van der Waals surface area contributed by atoms with E-state index in [2.05, 4.69) is 34.2 Å². The molecule has 1 saturated heterocycles. The van der Waals surface area contributed by atoms with Gasteiger partial charge in [0.1, 0.15) is 10.7 Å². The summed E-state index contributed by atoms with van der Waals surface area (Å²) >= 11 is 1.48. The summed E-state index contributed by atoms with van der Waals surface area (Å²) in [7, 11) is 4.12. The highest BCUT2D eigenvalue weighted by Crippen LogP contribution is 2.32. The van der Waals surface area contributed by atoms with Crippen molar-refractivity contribution in [3.8, 4) is 21.8 Å². The van der Waals surface area contributed by atoms with Gasteiger partial charge >= 0.3 is 0 Å². The van der Waals surface area contributed by atoms with Gasteiger partial charge in [-0.1, -0.05) is 30.3 Å². The summed E-state index contributed by atoms with van der Waals surface area (Å²) in [6.45, 7) is 1.55. The molecule has 2 aromatic heterocycles. The number of benzene rings is 1. The Morgan fingerprint density at radius 3 is 2.85 bits per heavy atom. The van der Waals surface area contributed by atoms with Gasteiger partial charge in [0.25, 0.3) is 5.91 Å². The predicted octanol–water partition coefficient (Wildman–Crippen LogP) is 2.98. The summed E-state index contributed by atoms with van der Waals surface area (Å²) in [4.78, 5) is 21.5. The van der Waals surface area contributed by atoms with E-state index < -0.39 is 0 Å². The minimum atomic E-state index is 0.0154. The van der Waals surface area contributed by atoms with Crippen LogP contribution in [0.15, 0.2) is 41.9 Å². The molecule has 7 heteroatoms. The number of likely N-dealkylation sites (N-methyl/N-ethyl adjacent to an activating group) is 1. The van der Waals surface area contributed by atoms with E-state index in [1.807, 2.05) is 40.6 Å². The number of thiazole rings is 1. The molecule has 0 aliphatic carbocycles. The highest BCUT2D eigenvalue weighted by atomic mass is 32.1. The van der Waals surface area contributed by atoms with Crippen molar-refractivity contribution in [1.29, 1.82) is 0 Å². The number of H-pyrrole nitrogens is 1. The lowest BCUT2D eigenvalue weighted by Crippen LogP contribution is -2.34. The summed E-state index contributed by atoms with van der Waals surface area (Å²) in [5.74, 6) is 0.0154. The SMILES string of the molecule is CN(C)C1CCN(C(=O)c2csc(-c3cn[nH]c3-c3ccccc3)n2)C1. The first-order valence-electron chi connectivity index (χ1n) is 8.64. The first kappa shape index (κ1) is 16.9. The molecule has 0 saturated carbocycles. The first-order valence-corrected chi connectivity index (χ1v) is 9.52. The molecule has 1 aliphatic heterocycles. The number of likely N-dealkylation sites (tertiary alicyclic amines) is 1. The van der Waals surface area contributed by atoms with Crippen LogP contribution >= 0.6 is 11.3 Å². The van der Waals surface area contributed by atoms with E-state index in [9.17, 15) is 4.79 Å². The topological polar surface area (TPSA) is 65.1 Å². The van der Waals surface area contributed by atoms with E-state index in [0.29, 0.717) is 11.7 Å². The summed E-state index contributed by atoms with van der Waals surface area (Å²) in [5.41, 5.74) is 3.42. The maximum absolute atomic E-state index is 12.8. The third-order valence-electron chi connectivity index (χ3n) is 4.84. The number of hydrogen-bond acceptors (Lipinski definition) is 5. The molecule has 1 unspecified atom stereocenters. The molecular formula is C19H21N5OS. The Morgan fingerprint density at radius 1 is 1.31 bits per heavy atom. The molecular weight excluding hydrogens is 346 g/mol. The Bertz CT molecular complexity index is 902. The summed E-state index contributed by atoms with van der Waals surface area (Å²) in [6.07, 6.45) is 2.78. The second-order valence-electron chi connectivity index (χ2n) is 6.72. The van der Waals surface area contributed by atoms with Crippen molar-refractivity contribution < 1.29 is 4.79 Å². The number of nitrogens with one attached hydrogen (secondary N) is 1. The number of amides is 1. The highest BCUT2D eigenvalue weighted by molar-refractivity contribution is 7.13. The normalized spacial score (nSPS) is 17.2. The van der Waals surface area contributed by atoms with Crippen molar-refractivity contribution in [1.82, 2.24) is 25.0 Å². The van der Waals surface area contributed by atoms with Crippen molar-refractivity contribution in [2.75, 3.05) is 27.2 Å². The average Bonchev–Trinajstić information content (AvgIpc) is 3.41. The fourth-order valence-electron chi connectivity index (χ4n) is 3.28. The van der Waals surface area contributed by atoms with Crippen LogP contribution in [0, 0.1) is 0 Å². The maximum Gasteiger partial charge on any atom is 0.273 e. The number of carbonyl (C=O) groups excluding carboxylic acids is 1. The fraction of sp³-hybridized carbons (Fsp3) is 0.316. The molecule has 1 N–H and O–H groups in total. The van der Waals surface area contributed by atoms with Crippen LogP contribution in [0.5, 0.6) is 0 Å². The van der Waals surface area contributed by atoms with Gasteiger partial charge in [-0.15, -0.1) is 11.3 Å². The quantitative estimate of drug-likeness (QED) is 0.770. The summed E-state index contributed by atoms with van der Waals surface area (Å²) in [5, 5.41) is 9.88. The van der Waals surface area contributed by atoms with Gasteiger partial charge in [0.15, 0.2) is 0 Å². The second kappa shape index (κ2) is 7.01. The van der Waals surface area contributed by atoms with Gasteiger partial charge in [-0.2, -0.15) is 5.10 Å². The van der Waals surface area contributed by atoms with Crippen molar-refractivity contribution in [3.05, 3.63) is 47.6 Å². The van der Waals surface area contributed by atoms with E-state index in [4.69, 9.17) is 0 Å². The molecule has 1 fully saturated rings. The summed E-state index contributed by atoms with van der Waals surface area (Å²) in [6, 6.07) is 10.5. The van der Waals surface area contributed by atoms with Gasteiger partial charge in [-0.3, -0.25) is 9.89 Å². The molecule has 6 nitrogen and oxygen atoms in total. The lowest BCUT2D eigenvalue weighted by molar-refractivity contribution is 0.0778. The highest BCUT2D eigenvalue weighted by Gasteiger charge is 2.29. The molecule has 26 heavy (non-hydrogen) atoms. The largest absolute Gasteiger partial charge is 0.336 e. The van der Waals surface area contributed by atoms with Crippen LogP contribution in [0.25, 0.3) is 21.8 Å². The predicted molar refractivity (Wildman–Crippen MR) is 103 cm³/mol. The zero-order valence-electron chi connectivity index (χ0n) is 14.8. The Morgan fingerprint density at radius 2 is 2.12 bits per heavy atom. The van der Waals surface area contributed by atoms with Crippen LogP contribution in [-0.4, -0.2) is 64.1 Å². The zero-order chi connectivity index (χ0) is 18.1. The molecule has 0 bridgehead atoms. The molecule has 1 atom stereocenters. The smallest absolute Gasteiger partial charge is 0.273 e. The Hall–Kier alpha value is -2.51. The molecule has 134 valence electrons. The van der Waals surface area contributed by atoms with Crippen molar-refractivity contribution in [2.24, 2.45) is 0 Å². The second-order valence-corrected chi connectivity index (χ2v) is 7.58. The Kier molecular flexibility index (Phi) is 4.57. The standard InChI is InChI=1S/C19H21N5OS/c1-23(2)14-8-9-24(11-14)19(25)16-12-26-18(21-16)15-10-20-22-17(15)13-6-4-3-5-7-13/h3-7,10,12,14H,8-9,11H2,1-2H3,(H,20,22). The van der Waals surface area contributed by atoms with Gasteiger partial charge in [-0.05, 0) is 20.5 Å².